The second kappa shape index (κ2) is 13.1. The van der Waals surface area contributed by atoms with Gasteiger partial charge in [0.05, 0.1) is 12.9 Å². The monoisotopic (exact) mass is 416 g/mol. The van der Waals surface area contributed by atoms with Crippen LogP contribution in [0.4, 0.5) is 5.69 Å². The SMILES string of the molecule is CS(=O)(=O)Nc1ccc(C=CCOCCCCCCNCc2ccccc2)cc1. The van der Waals surface area contributed by atoms with Gasteiger partial charge >= 0.3 is 0 Å². The van der Waals surface area contributed by atoms with E-state index in [1.807, 2.05) is 30.4 Å². The van der Waals surface area contributed by atoms with Crippen molar-refractivity contribution >= 4 is 21.8 Å². The molecule has 0 heterocycles. The van der Waals surface area contributed by atoms with E-state index in [1.54, 1.807) is 12.1 Å². The molecular formula is C23H32N2O3S. The van der Waals surface area contributed by atoms with Crippen molar-refractivity contribution in [1.29, 1.82) is 0 Å². The van der Waals surface area contributed by atoms with E-state index in [1.165, 1.54) is 24.8 Å². The van der Waals surface area contributed by atoms with Crippen molar-refractivity contribution in [3.05, 3.63) is 71.8 Å². The first kappa shape index (κ1) is 23.1. The molecule has 0 bridgehead atoms. The second-order valence-electron chi connectivity index (χ2n) is 7.05. The van der Waals surface area contributed by atoms with Crippen molar-refractivity contribution in [2.75, 3.05) is 30.7 Å². The standard InChI is InChI=1S/C23H32N2O3S/c1-29(26,27)25-23-15-13-21(14-16-23)12-9-19-28-18-8-3-2-7-17-24-20-22-10-5-4-6-11-22/h4-6,9-16,24-25H,2-3,7-8,17-20H2,1H3. The molecule has 158 valence electrons. The Hall–Kier alpha value is -2.15. The van der Waals surface area contributed by atoms with Crippen LogP contribution in [0.25, 0.3) is 6.08 Å². The molecular weight excluding hydrogens is 384 g/mol. The number of anilines is 1. The minimum Gasteiger partial charge on any atom is -0.377 e. The van der Waals surface area contributed by atoms with Crippen LogP contribution in [0.3, 0.4) is 0 Å². The maximum atomic E-state index is 11.2. The zero-order valence-corrected chi connectivity index (χ0v) is 18.0. The lowest BCUT2D eigenvalue weighted by Crippen LogP contribution is -2.14. The van der Waals surface area contributed by atoms with Crippen LogP contribution in [0.15, 0.2) is 60.7 Å². The summed E-state index contributed by atoms with van der Waals surface area (Å²) in [5, 5.41) is 3.48. The molecule has 0 aromatic heterocycles. The lowest BCUT2D eigenvalue weighted by Gasteiger charge is -2.05. The number of hydrogen-bond acceptors (Lipinski definition) is 4. The summed E-state index contributed by atoms with van der Waals surface area (Å²) in [6.07, 6.45) is 9.77. The van der Waals surface area contributed by atoms with Crippen molar-refractivity contribution in [3.8, 4) is 0 Å². The third-order valence-electron chi connectivity index (χ3n) is 4.30. The van der Waals surface area contributed by atoms with E-state index >= 15 is 0 Å². The summed E-state index contributed by atoms with van der Waals surface area (Å²) in [6, 6.07) is 17.7. The van der Waals surface area contributed by atoms with Gasteiger partial charge in [-0.2, -0.15) is 0 Å². The summed E-state index contributed by atoms with van der Waals surface area (Å²) in [7, 11) is -3.23. The molecule has 0 saturated carbocycles. The third kappa shape index (κ3) is 11.4. The van der Waals surface area contributed by atoms with E-state index in [9.17, 15) is 8.42 Å². The molecule has 0 radical (unpaired) electrons. The summed E-state index contributed by atoms with van der Waals surface area (Å²) >= 11 is 0. The molecule has 2 rings (SSSR count). The second-order valence-corrected chi connectivity index (χ2v) is 8.80. The number of unbranched alkanes of at least 4 members (excludes halogenated alkanes) is 3. The van der Waals surface area contributed by atoms with Crippen molar-refractivity contribution in [2.45, 2.75) is 32.2 Å². The van der Waals surface area contributed by atoms with Gasteiger partial charge in [-0.25, -0.2) is 8.42 Å². The molecule has 5 nitrogen and oxygen atoms in total. The van der Waals surface area contributed by atoms with E-state index in [0.29, 0.717) is 12.3 Å². The number of benzene rings is 2. The first-order valence-electron chi connectivity index (χ1n) is 10.1. The third-order valence-corrected chi connectivity index (χ3v) is 4.91. The molecule has 2 aromatic carbocycles. The first-order chi connectivity index (χ1) is 14.0. The topological polar surface area (TPSA) is 67.4 Å². The highest BCUT2D eigenvalue weighted by Crippen LogP contribution is 2.12. The summed E-state index contributed by atoms with van der Waals surface area (Å²) in [5.74, 6) is 0. The van der Waals surface area contributed by atoms with Crippen LogP contribution in [0.1, 0.15) is 36.8 Å². The molecule has 0 saturated heterocycles. The summed E-state index contributed by atoms with van der Waals surface area (Å²) in [5.41, 5.74) is 2.90. The van der Waals surface area contributed by atoms with Crippen LogP contribution < -0.4 is 10.0 Å². The highest BCUT2D eigenvalue weighted by atomic mass is 32.2. The normalized spacial score (nSPS) is 11.8. The summed E-state index contributed by atoms with van der Waals surface area (Å²) < 4.78 is 30.4. The van der Waals surface area contributed by atoms with Crippen LogP contribution in [-0.2, 0) is 21.3 Å². The highest BCUT2D eigenvalue weighted by molar-refractivity contribution is 7.92. The van der Waals surface area contributed by atoms with E-state index in [-0.39, 0.29) is 0 Å². The Kier molecular flexibility index (Phi) is 10.5. The number of sulfonamides is 1. The van der Waals surface area contributed by atoms with E-state index in [0.717, 1.165) is 37.9 Å². The van der Waals surface area contributed by atoms with Gasteiger partial charge in [0.25, 0.3) is 0 Å². The predicted octanol–water partition coefficient (Wildman–Crippen LogP) is 4.44. The molecule has 0 aliphatic rings. The minimum absolute atomic E-state index is 0.566. The highest BCUT2D eigenvalue weighted by Gasteiger charge is 2.00. The van der Waals surface area contributed by atoms with Crippen LogP contribution in [0.2, 0.25) is 0 Å². The van der Waals surface area contributed by atoms with E-state index in [4.69, 9.17) is 4.74 Å². The van der Waals surface area contributed by atoms with Gasteiger partial charge in [-0.3, -0.25) is 4.72 Å². The average molecular weight is 417 g/mol. The fourth-order valence-electron chi connectivity index (χ4n) is 2.85. The molecule has 0 aliphatic carbocycles. The van der Waals surface area contributed by atoms with Crippen LogP contribution in [-0.4, -0.2) is 34.4 Å². The fourth-order valence-corrected chi connectivity index (χ4v) is 3.41. The van der Waals surface area contributed by atoms with Crippen LogP contribution in [0.5, 0.6) is 0 Å². The van der Waals surface area contributed by atoms with E-state index < -0.39 is 10.0 Å². The molecule has 0 unspecified atom stereocenters. The Balaban J connectivity index is 1.44. The van der Waals surface area contributed by atoms with Gasteiger partial charge in [0.1, 0.15) is 0 Å². The number of nitrogens with one attached hydrogen (secondary N) is 2. The van der Waals surface area contributed by atoms with E-state index in [2.05, 4.69) is 34.3 Å². The smallest absolute Gasteiger partial charge is 0.229 e. The van der Waals surface area contributed by atoms with Crippen molar-refractivity contribution in [2.24, 2.45) is 0 Å². The lowest BCUT2D eigenvalue weighted by atomic mass is 10.2. The van der Waals surface area contributed by atoms with Crippen molar-refractivity contribution < 1.29 is 13.2 Å². The summed E-state index contributed by atoms with van der Waals surface area (Å²) in [4.78, 5) is 0. The summed E-state index contributed by atoms with van der Waals surface area (Å²) in [6.45, 7) is 3.35. The molecule has 0 amide bonds. The molecule has 0 fully saturated rings. The Morgan fingerprint density at radius 2 is 1.66 bits per heavy atom. The van der Waals surface area contributed by atoms with Crippen molar-refractivity contribution in [3.63, 3.8) is 0 Å². The average Bonchev–Trinajstić information content (AvgIpc) is 2.70. The minimum atomic E-state index is -3.23. The lowest BCUT2D eigenvalue weighted by molar-refractivity contribution is 0.157. The van der Waals surface area contributed by atoms with Gasteiger partial charge in [-0.05, 0) is 42.6 Å². The predicted molar refractivity (Wildman–Crippen MR) is 121 cm³/mol. The zero-order chi connectivity index (χ0) is 20.8. The Morgan fingerprint density at radius 3 is 2.38 bits per heavy atom. The largest absolute Gasteiger partial charge is 0.377 e. The Morgan fingerprint density at radius 1 is 0.931 bits per heavy atom. The van der Waals surface area contributed by atoms with Crippen LogP contribution >= 0.6 is 0 Å². The van der Waals surface area contributed by atoms with Gasteiger partial charge in [0.2, 0.25) is 10.0 Å². The van der Waals surface area contributed by atoms with Gasteiger partial charge in [0.15, 0.2) is 0 Å². The number of rotatable bonds is 14. The van der Waals surface area contributed by atoms with Crippen LogP contribution in [0, 0.1) is 0 Å². The molecule has 2 aromatic rings. The molecule has 29 heavy (non-hydrogen) atoms. The van der Waals surface area contributed by atoms with Gasteiger partial charge < -0.3 is 10.1 Å². The quantitative estimate of drug-likeness (QED) is 0.447. The zero-order valence-electron chi connectivity index (χ0n) is 17.1. The Bertz CT molecular complexity index is 819. The Labute approximate surface area is 175 Å². The molecule has 0 aliphatic heterocycles. The molecule has 6 heteroatoms. The molecule has 2 N–H and O–H groups in total. The number of hydrogen-bond donors (Lipinski definition) is 2. The molecule has 0 atom stereocenters. The maximum Gasteiger partial charge on any atom is 0.229 e. The first-order valence-corrected chi connectivity index (χ1v) is 12.0. The van der Waals surface area contributed by atoms with Crippen molar-refractivity contribution in [1.82, 2.24) is 5.32 Å². The van der Waals surface area contributed by atoms with Gasteiger partial charge in [0, 0.05) is 18.8 Å². The molecule has 0 spiro atoms. The maximum absolute atomic E-state index is 11.2. The fraction of sp³-hybridized carbons (Fsp3) is 0.391. The number of ether oxygens (including phenoxy) is 1. The van der Waals surface area contributed by atoms with Gasteiger partial charge in [-0.15, -0.1) is 0 Å². The van der Waals surface area contributed by atoms with Gasteiger partial charge in [-0.1, -0.05) is 67.5 Å².